The fourth-order valence-electron chi connectivity index (χ4n) is 6.75. The van der Waals surface area contributed by atoms with E-state index < -0.39 is 0 Å². The monoisotopic (exact) mass is 672 g/mol. The Balaban J connectivity index is 0. The zero-order valence-electron chi connectivity index (χ0n) is 31.4. The number of rotatable bonds is 36. The van der Waals surface area contributed by atoms with Crippen molar-refractivity contribution in [1.82, 2.24) is 0 Å². The highest BCUT2D eigenvalue weighted by Gasteiger charge is 2.26. The van der Waals surface area contributed by atoms with E-state index in [0.29, 0.717) is 0 Å². The van der Waals surface area contributed by atoms with Crippen molar-refractivity contribution in [2.45, 2.75) is 219 Å². The molecule has 0 aliphatic heterocycles. The summed E-state index contributed by atoms with van der Waals surface area (Å²) in [6.07, 6.45) is 52.8. The third-order valence-corrected chi connectivity index (χ3v) is 10.2. The number of hydrogen-bond donors (Lipinski definition) is 0. The molecule has 270 valence electrons. The van der Waals surface area contributed by atoms with Gasteiger partial charge in [-0.3, -0.25) is 0 Å². The summed E-state index contributed by atoms with van der Waals surface area (Å²) in [6.45, 7) is 5.82. The lowest BCUT2D eigenvalue weighted by atomic mass is 9.97. The van der Waals surface area contributed by atoms with Crippen LogP contribution in [0.25, 0.3) is 0 Å². The van der Waals surface area contributed by atoms with E-state index in [1.54, 1.807) is 0 Å². The molecule has 0 aromatic heterocycles. The molecule has 0 radical (unpaired) electrons. The first-order chi connectivity index (χ1) is 21.6. The Bertz CT molecular complexity index is 558. The molecule has 0 atom stereocenters. The van der Waals surface area contributed by atoms with Crippen LogP contribution in [0.15, 0.2) is 24.3 Å². The van der Waals surface area contributed by atoms with Crippen LogP contribution in [0, 0.1) is 0 Å². The van der Waals surface area contributed by atoms with E-state index in [0.717, 1.165) is 18.3 Å². The summed E-state index contributed by atoms with van der Waals surface area (Å²) in [5, 5.41) is 0. The molecular weight excluding hydrogens is 589 g/mol. The molecule has 1 nitrogen and oxygen atoms in total. The van der Waals surface area contributed by atoms with Gasteiger partial charge < -0.3 is 16.9 Å². The summed E-state index contributed by atoms with van der Waals surface area (Å²) in [4.78, 5) is 0. The first-order valence-electron chi connectivity index (χ1n) is 20.3. The molecule has 0 aliphatic carbocycles. The largest absolute Gasteiger partial charge is 1.00 e. The summed E-state index contributed by atoms with van der Waals surface area (Å²) in [7, 11) is 4.94. The summed E-state index contributed by atoms with van der Waals surface area (Å²) in [5.74, 6) is 0.802. The van der Waals surface area contributed by atoms with E-state index in [1.807, 2.05) is 0 Å². The van der Waals surface area contributed by atoms with Crippen molar-refractivity contribution in [3.8, 4) is 0 Å². The zero-order valence-corrected chi connectivity index (χ0v) is 32.9. The lowest BCUT2D eigenvalue weighted by molar-refractivity contribution is -0.915. The molecule has 3 heteroatoms. The summed E-state index contributed by atoms with van der Waals surface area (Å²) >= 11 is 6.09. The quantitative estimate of drug-likeness (QED) is 0.0269. The van der Waals surface area contributed by atoms with Gasteiger partial charge in [-0.1, -0.05) is 154 Å². The number of halogens is 2. The number of nitrogens with zero attached hydrogens (tertiary/aromatic N) is 1. The number of hydrogen-bond acceptors (Lipinski definition) is 0. The molecule has 0 heterocycles. The van der Waals surface area contributed by atoms with Crippen LogP contribution >= 0.6 is 11.6 Å². The van der Waals surface area contributed by atoms with Gasteiger partial charge in [0, 0.05) is 12.3 Å². The summed E-state index contributed by atoms with van der Waals surface area (Å²) in [6, 6.07) is 0.812. The summed E-state index contributed by atoms with van der Waals surface area (Å²) < 4.78 is 1.17. The maximum absolute atomic E-state index is 6.09. The van der Waals surface area contributed by atoms with Gasteiger partial charge in [0.1, 0.15) is 0 Å². The average molecular weight is 673 g/mol. The van der Waals surface area contributed by atoms with Crippen LogP contribution in [0.2, 0.25) is 0 Å². The number of alkyl halides is 1. The highest BCUT2D eigenvalue weighted by Crippen LogP contribution is 2.23. The van der Waals surface area contributed by atoms with Crippen molar-refractivity contribution >= 4 is 11.6 Å². The Hall–Kier alpha value is 0.0200. The van der Waals surface area contributed by atoms with Gasteiger partial charge in [0.25, 0.3) is 0 Å². The minimum atomic E-state index is 0. The van der Waals surface area contributed by atoms with E-state index in [1.165, 1.54) is 204 Å². The molecule has 0 saturated heterocycles. The maximum Gasteiger partial charge on any atom is 0.0886 e. The lowest BCUT2D eigenvalue weighted by Gasteiger charge is -2.38. The number of unbranched alkanes of at least 4 members (excludes halogenated alkanes) is 24. The minimum absolute atomic E-state index is 0. The smallest absolute Gasteiger partial charge is 0.0886 e. The fraction of sp³-hybridized carbons (Fsp3) is 0.905. The molecule has 0 amide bonds. The SMILES string of the molecule is CCCCCCCC/C=C\CCCCCCCCC(CCCCCCCC/C=C\CCCCCCCC)[N+](C)(C)CCCCl.[Cl-]. The Labute approximate surface area is 297 Å². The first kappa shape index (κ1) is 47.1. The molecule has 0 aliphatic rings. The van der Waals surface area contributed by atoms with E-state index in [4.69, 9.17) is 11.6 Å². The predicted octanol–water partition coefficient (Wildman–Crippen LogP) is 11.9. The molecule has 0 aromatic carbocycles. The molecule has 0 N–H and O–H groups in total. The van der Waals surface area contributed by atoms with Crippen molar-refractivity contribution in [1.29, 1.82) is 0 Å². The van der Waals surface area contributed by atoms with Crippen molar-refractivity contribution in [2.75, 3.05) is 26.5 Å². The van der Waals surface area contributed by atoms with Crippen LogP contribution in [0.3, 0.4) is 0 Å². The second-order valence-corrected chi connectivity index (χ2v) is 15.0. The Morgan fingerprint density at radius 1 is 0.422 bits per heavy atom. The zero-order chi connectivity index (χ0) is 32.2. The van der Waals surface area contributed by atoms with Gasteiger partial charge in [-0.25, -0.2) is 0 Å². The second kappa shape index (κ2) is 38.5. The normalized spacial score (nSPS) is 12.2. The van der Waals surface area contributed by atoms with Crippen molar-refractivity contribution in [3.05, 3.63) is 24.3 Å². The third kappa shape index (κ3) is 35.2. The second-order valence-electron chi connectivity index (χ2n) is 14.7. The highest BCUT2D eigenvalue weighted by molar-refractivity contribution is 6.17. The molecule has 0 fully saturated rings. The van der Waals surface area contributed by atoms with Crippen LogP contribution in [0.1, 0.15) is 213 Å². The van der Waals surface area contributed by atoms with Crippen LogP contribution in [-0.2, 0) is 0 Å². The van der Waals surface area contributed by atoms with Crippen molar-refractivity contribution in [2.24, 2.45) is 0 Å². The highest BCUT2D eigenvalue weighted by atomic mass is 35.5. The van der Waals surface area contributed by atoms with Gasteiger partial charge in [0.05, 0.1) is 26.7 Å². The van der Waals surface area contributed by atoms with E-state index in [9.17, 15) is 0 Å². The van der Waals surface area contributed by atoms with E-state index in [-0.39, 0.29) is 12.4 Å². The summed E-state index contributed by atoms with van der Waals surface area (Å²) in [5.41, 5.74) is 0. The Kier molecular flexibility index (Phi) is 40.3. The van der Waals surface area contributed by atoms with E-state index in [2.05, 4.69) is 52.2 Å². The maximum atomic E-state index is 6.09. The van der Waals surface area contributed by atoms with Crippen LogP contribution in [-0.4, -0.2) is 37.0 Å². The number of quaternary nitrogens is 1. The molecule has 0 saturated carbocycles. The fourth-order valence-corrected chi connectivity index (χ4v) is 6.87. The topological polar surface area (TPSA) is 0 Å². The molecule has 0 spiro atoms. The first-order valence-corrected chi connectivity index (χ1v) is 20.8. The Morgan fingerprint density at radius 3 is 1.02 bits per heavy atom. The van der Waals surface area contributed by atoms with Crippen LogP contribution in [0.5, 0.6) is 0 Å². The van der Waals surface area contributed by atoms with Gasteiger partial charge in [-0.2, -0.15) is 0 Å². The van der Waals surface area contributed by atoms with Crippen LogP contribution in [0.4, 0.5) is 0 Å². The minimum Gasteiger partial charge on any atom is -1.00 e. The third-order valence-electron chi connectivity index (χ3n) is 9.95. The van der Waals surface area contributed by atoms with Gasteiger partial charge in [-0.05, 0) is 77.0 Å². The van der Waals surface area contributed by atoms with Gasteiger partial charge >= 0.3 is 0 Å². The molecule has 0 aromatic rings. The van der Waals surface area contributed by atoms with Crippen molar-refractivity contribution < 1.29 is 16.9 Å². The van der Waals surface area contributed by atoms with Gasteiger partial charge in [0.2, 0.25) is 0 Å². The Morgan fingerprint density at radius 2 is 0.711 bits per heavy atom. The molecule has 0 rings (SSSR count). The molecular formula is C42H83Cl2N. The predicted molar refractivity (Wildman–Crippen MR) is 204 cm³/mol. The molecule has 0 unspecified atom stereocenters. The molecule has 0 bridgehead atoms. The lowest BCUT2D eigenvalue weighted by Crippen LogP contribution is -3.00. The van der Waals surface area contributed by atoms with Gasteiger partial charge in [-0.15, -0.1) is 11.6 Å². The van der Waals surface area contributed by atoms with Gasteiger partial charge in [0.15, 0.2) is 0 Å². The van der Waals surface area contributed by atoms with Crippen molar-refractivity contribution in [3.63, 3.8) is 0 Å². The molecule has 45 heavy (non-hydrogen) atoms. The average Bonchev–Trinajstić information content (AvgIpc) is 3.02. The van der Waals surface area contributed by atoms with E-state index >= 15 is 0 Å². The number of allylic oxidation sites excluding steroid dienone is 4. The van der Waals surface area contributed by atoms with Crippen LogP contribution < -0.4 is 12.4 Å². The standard InChI is InChI=1S/C42H83ClN.ClH/c1-5-7-9-11-13-15-17-19-21-23-25-27-29-31-33-35-38-42(44(3,4)41-37-40-43)39-36-34-32-30-28-26-24-22-20-18-16-14-12-10-8-6-2;/h19-22,42H,5-18,23-41H2,1-4H3;1H/q+1;/p-1/b21-19-,22-20-;.